The van der Waals surface area contributed by atoms with Crippen LogP contribution in [-0.4, -0.2) is 21.8 Å². The molecule has 25 heavy (non-hydrogen) atoms. The molecule has 132 valence electrons. The number of nitrogens with one attached hydrogen (secondary N) is 1. The number of hydrogen-bond acceptors (Lipinski definition) is 3. The number of hydrazone groups is 1. The molecule has 2 N–H and O–H groups in total. The predicted molar refractivity (Wildman–Crippen MR) is 105 cm³/mol. The molecule has 0 bridgehead atoms. The van der Waals surface area contributed by atoms with Crippen molar-refractivity contribution in [3.05, 3.63) is 50.7 Å². The Balaban J connectivity index is 1.63. The predicted octanol–water partition coefficient (Wildman–Crippen LogP) is 4.99. The number of halogens is 2. The van der Waals surface area contributed by atoms with E-state index in [1.807, 2.05) is 6.07 Å². The third-order valence-electron chi connectivity index (χ3n) is 4.39. The topological polar surface area (TPSA) is 66.6 Å². The van der Waals surface area contributed by atoms with Gasteiger partial charge < -0.3 is 9.67 Å². The lowest BCUT2D eigenvalue weighted by molar-refractivity contribution is 0.0952. The van der Waals surface area contributed by atoms with Crippen molar-refractivity contribution in [1.29, 1.82) is 0 Å². The molecule has 1 aliphatic rings. The van der Waals surface area contributed by atoms with Gasteiger partial charge in [0.1, 0.15) is 5.75 Å². The molecule has 0 unspecified atom stereocenters. The second-order valence-electron chi connectivity index (χ2n) is 6.17. The third kappa shape index (κ3) is 4.52. The van der Waals surface area contributed by atoms with Gasteiger partial charge >= 0.3 is 0 Å². The zero-order valence-electron chi connectivity index (χ0n) is 13.6. The molecule has 1 aromatic carbocycles. The van der Waals surface area contributed by atoms with E-state index in [9.17, 15) is 9.90 Å². The van der Waals surface area contributed by atoms with Crippen molar-refractivity contribution in [3.63, 3.8) is 0 Å². The summed E-state index contributed by atoms with van der Waals surface area (Å²) in [5.74, 6) is -0.582. The number of carbonyl (C=O) groups is 1. The van der Waals surface area contributed by atoms with Gasteiger partial charge in [0, 0.05) is 28.5 Å². The summed E-state index contributed by atoms with van der Waals surface area (Å²) in [6.45, 7) is 0. The molecule has 1 aromatic heterocycles. The van der Waals surface area contributed by atoms with Gasteiger partial charge in [-0.15, -0.1) is 0 Å². The molecule has 1 aliphatic carbocycles. The van der Waals surface area contributed by atoms with Crippen molar-refractivity contribution in [3.8, 4) is 5.75 Å². The lowest BCUT2D eigenvalue weighted by Gasteiger charge is -2.23. The highest BCUT2D eigenvalue weighted by Crippen LogP contribution is 2.31. The molecule has 1 fully saturated rings. The number of hydrogen-bond donors (Lipinski definition) is 2. The van der Waals surface area contributed by atoms with Crippen LogP contribution >= 0.6 is 31.9 Å². The van der Waals surface area contributed by atoms with Gasteiger partial charge in [0.05, 0.1) is 16.3 Å². The number of amides is 1. The maximum Gasteiger partial charge on any atom is 0.275 e. The fraction of sp³-hybridized carbons (Fsp3) is 0.333. The van der Waals surface area contributed by atoms with Crippen LogP contribution in [0.1, 0.15) is 54.1 Å². The minimum Gasteiger partial charge on any atom is -0.506 e. The number of aromatic hydroxyl groups is 1. The molecule has 0 radical (unpaired) electrons. The van der Waals surface area contributed by atoms with Gasteiger partial charge in [-0.25, -0.2) is 5.43 Å². The molecule has 3 rings (SSSR count). The van der Waals surface area contributed by atoms with E-state index >= 15 is 0 Å². The van der Waals surface area contributed by atoms with Gasteiger partial charge in [0.15, 0.2) is 0 Å². The summed E-state index contributed by atoms with van der Waals surface area (Å²) in [5, 5.41) is 14.0. The van der Waals surface area contributed by atoms with Gasteiger partial charge in [0.2, 0.25) is 0 Å². The average molecular weight is 469 g/mol. The van der Waals surface area contributed by atoms with Crippen LogP contribution in [0.15, 0.2) is 44.6 Å². The second kappa shape index (κ2) is 8.19. The largest absolute Gasteiger partial charge is 0.506 e. The Labute approximate surface area is 163 Å². The maximum absolute atomic E-state index is 12.2. The lowest BCUT2D eigenvalue weighted by atomic mass is 9.95. The van der Waals surface area contributed by atoms with E-state index < -0.39 is 5.91 Å². The minimum absolute atomic E-state index is 0.112. The van der Waals surface area contributed by atoms with Crippen molar-refractivity contribution in [2.45, 2.75) is 38.1 Å². The summed E-state index contributed by atoms with van der Waals surface area (Å²) < 4.78 is 3.37. The van der Waals surface area contributed by atoms with E-state index in [0.29, 0.717) is 15.0 Å². The second-order valence-corrected chi connectivity index (χ2v) is 7.94. The monoisotopic (exact) mass is 467 g/mol. The number of phenolic OH excluding ortho intramolecular Hbond substituents is 1. The van der Waals surface area contributed by atoms with Crippen molar-refractivity contribution in [2.24, 2.45) is 5.10 Å². The summed E-state index contributed by atoms with van der Waals surface area (Å²) in [6.07, 6.45) is 12.1. The maximum atomic E-state index is 12.2. The number of nitrogens with zero attached hydrogens (tertiary/aromatic N) is 2. The van der Waals surface area contributed by atoms with Crippen LogP contribution in [0.5, 0.6) is 5.75 Å². The minimum atomic E-state index is -0.470. The quantitative estimate of drug-likeness (QED) is 0.490. The Kier molecular flexibility index (Phi) is 5.96. The number of rotatable bonds is 4. The van der Waals surface area contributed by atoms with Crippen molar-refractivity contribution >= 4 is 44.0 Å². The van der Waals surface area contributed by atoms with Crippen LogP contribution in [0, 0.1) is 0 Å². The van der Waals surface area contributed by atoms with E-state index in [1.54, 1.807) is 18.3 Å². The Morgan fingerprint density at radius 3 is 2.80 bits per heavy atom. The van der Waals surface area contributed by atoms with Crippen molar-refractivity contribution in [1.82, 2.24) is 9.99 Å². The molecule has 1 amide bonds. The third-order valence-corrected chi connectivity index (χ3v) is 5.45. The summed E-state index contributed by atoms with van der Waals surface area (Å²) >= 11 is 6.51. The Morgan fingerprint density at radius 1 is 1.28 bits per heavy atom. The first-order valence-corrected chi connectivity index (χ1v) is 9.82. The standard InChI is InChI=1S/C18H19Br2N3O2/c19-13-8-15(17(24)16(20)9-13)18(25)22-21-10-12-6-7-23(11-12)14-4-2-1-3-5-14/h6-11,14,24H,1-5H2,(H,22,25)/b21-10-. The fourth-order valence-electron chi connectivity index (χ4n) is 3.08. The van der Waals surface area contributed by atoms with Crippen LogP contribution in [0.4, 0.5) is 0 Å². The fourth-order valence-corrected chi connectivity index (χ4v) is 4.30. The highest BCUT2D eigenvalue weighted by molar-refractivity contribution is 9.11. The summed E-state index contributed by atoms with van der Waals surface area (Å²) in [6, 6.07) is 5.77. The highest BCUT2D eigenvalue weighted by Gasteiger charge is 2.15. The van der Waals surface area contributed by atoms with Crippen molar-refractivity contribution in [2.75, 3.05) is 0 Å². The molecule has 1 saturated carbocycles. The number of phenols is 1. The molecule has 0 aliphatic heterocycles. The summed E-state index contributed by atoms with van der Waals surface area (Å²) in [4.78, 5) is 12.2. The molecule has 0 atom stereocenters. The van der Waals surface area contributed by atoms with Crippen LogP contribution < -0.4 is 5.43 Å². The normalized spacial score (nSPS) is 15.6. The molecule has 0 saturated heterocycles. The zero-order chi connectivity index (χ0) is 17.8. The number of aromatic nitrogens is 1. The Hall–Kier alpha value is -1.60. The number of carbonyl (C=O) groups excluding carboxylic acids is 1. The van der Waals surface area contributed by atoms with Crippen LogP contribution in [0.25, 0.3) is 0 Å². The van der Waals surface area contributed by atoms with Gasteiger partial charge in [-0.05, 0) is 47.0 Å². The first kappa shape index (κ1) is 18.2. The summed E-state index contributed by atoms with van der Waals surface area (Å²) in [7, 11) is 0. The van der Waals surface area contributed by atoms with E-state index in [2.05, 4.69) is 59.3 Å². The van der Waals surface area contributed by atoms with Gasteiger partial charge in [0.25, 0.3) is 5.91 Å². The first-order chi connectivity index (χ1) is 12.0. The molecule has 2 aromatic rings. The highest BCUT2D eigenvalue weighted by atomic mass is 79.9. The van der Waals surface area contributed by atoms with E-state index in [4.69, 9.17) is 0 Å². The van der Waals surface area contributed by atoms with Gasteiger partial charge in [-0.2, -0.15) is 5.10 Å². The average Bonchev–Trinajstić information content (AvgIpc) is 3.07. The molecule has 7 heteroatoms. The molecule has 5 nitrogen and oxygen atoms in total. The van der Waals surface area contributed by atoms with E-state index in [-0.39, 0.29) is 11.3 Å². The van der Waals surface area contributed by atoms with Crippen LogP contribution in [0.2, 0.25) is 0 Å². The molecular weight excluding hydrogens is 450 g/mol. The molecular formula is C18H19Br2N3O2. The summed E-state index contributed by atoms with van der Waals surface area (Å²) in [5.41, 5.74) is 3.54. The first-order valence-electron chi connectivity index (χ1n) is 8.23. The smallest absolute Gasteiger partial charge is 0.275 e. The lowest BCUT2D eigenvalue weighted by Crippen LogP contribution is -2.17. The Morgan fingerprint density at radius 2 is 2.04 bits per heavy atom. The van der Waals surface area contributed by atoms with E-state index in [0.717, 1.165) is 5.56 Å². The van der Waals surface area contributed by atoms with E-state index in [1.165, 1.54) is 32.1 Å². The molecule has 1 heterocycles. The van der Waals surface area contributed by atoms with Crippen molar-refractivity contribution < 1.29 is 9.90 Å². The van der Waals surface area contributed by atoms with Gasteiger partial charge in [-0.3, -0.25) is 4.79 Å². The number of benzene rings is 1. The zero-order valence-corrected chi connectivity index (χ0v) is 16.8. The molecule has 0 spiro atoms. The SMILES string of the molecule is O=C(N/N=C\c1ccn(C2CCCCC2)c1)c1cc(Br)cc(Br)c1O. The van der Waals surface area contributed by atoms with Gasteiger partial charge in [-0.1, -0.05) is 35.2 Å². The Bertz CT molecular complexity index is 796. The van der Waals surface area contributed by atoms with Crippen LogP contribution in [0.3, 0.4) is 0 Å². The van der Waals surface area contributed by atoms with Crippen LogP contribution in [-0.2, 0) is 0 Å².